The lowest BCUT2D eigenvalue weighted by atomic mass is 10.0. The normalized spacial score (nSPS) is 10.9. The molecule has 0 saturated heterocycles. The van der Waals surface area contributed by atoms with Crippen molar-refractivity contribution in [2.75, 3.05) is 0 Å². The van der Waals surface area contributed by atoms with Gasteiger partial charge in [0.05, 0.1) is 0 Å². The molecule has 4 heteroatoms. The summed E-state index contributed by atoms with van der Waals surface area (Å²) in [6.45, 7) is 0.215. The van der Waals surface area contributed by atoms with Crippen LogP contribution in [-0.4, -0.2) is 0 Å². The molecule has 0 radical (unpaired) electrons. The van der Waals surface area contributed by atoms with Crippen molar-refractivity contribution in [3.05, 3.63) is 125 Å². The van der Waals surface area contributed by atoms with Crippen LogP contribution in [0.1, 0.15) is 5.56 Å². The third-order valence-corrected chi connectivity index (χ3v) is 5.28. The highest BCUT2D eigenvalue weighted by molar-refractivity contribution is 5.93. The van der Waals surface area contributed by atoms with E-state index in [-0.39, 0.29) is 12.4 Å². The second kappa shape index (κ2) is 8.52. The van der Waals surface area contributed by atoms with Gasteiger partial charge in [-0.05, 0) is 46.0 Å². The molecule has 1 aromatic heterocycles. The summed E-state index contributed by atoms with van der Waals surface area (Å²) in [7, 11) is 0. The lowest BCUT2D eigenvalue weighted by molar-refractivity contribution is 0.304. The minimum atomic E-state index is -0.410. The van der Waals surface area contributed by atoms with Crippen molar-refractivity contribution in [2.45, 2.75) is 6.61 Å². The number of hydrogen-bond acceptors (Lipinski definition) is 3. The van der Waals surface area contributed by atoms with Gasteiger partial charge in [-0.15, -0.1) is 0 Å². The molecule has 5 aromatic rings. The molecule has 0 fully saturated rings. The van der Waals surface area contributed by atoms with Crippen LogP contribution in [0.25, 0.3) is 33.2 Å². The van der Waals surface area contributed by atoms with E-state index in [2.05, 4.69) is 0 Å². The summed E-state index contributed by atoms with van der Waals surface area (Å²) >= 11 is 0. The van der Waals surface area contributed by atoms with E-state index >= 15 is 0 Å². The van der Waals surface area contributed by atoms with Crippen molar-refractivity contribution in [1.82, 2.24) is 0 Å². The van der Waals surface area contributed by atoms with Crippen molar-refractivity contribution >= 4 is 11.0 Å². The van der Waals surface area contributed by atoms with Crippen LogP contribution in [0.15, 0.2) is 112 Å². The fraction of sp³-hybridized carbons (Fsp3) is 0.0357. The average molecular weight is 422 g/mol. The molecule has 32 heavy (non-hydrogen) atoms. The Labute approximate surface area is 184 Å². The van der Waals surface area contributed by atoms with E-state index in [0.29, 0.717) is 11.3 Å². The fourth-order valence-electron chi connectivity index (χ4n) is 3.76. The SMILES string of the molecule is O=c1cc(-c2ccccc2)c2ccc(COc3cc(F)cc(-c4ccccc4)c3)cc2o1. The molecule has 0 bridgehead atoms. The summed E-state index contributed by atoms with van der Waals surface area (Å²) in [4.78, 5) is 12.1. The second-order valence-electron chi connectivity index (χ2n) is 7.51. The predicted octanol–water partition coefficient (Wildman–Crippen LogP) is 6.85. The number of fused-ring (bicyclic) bond motifs is 1. The van der Waals surface area contributed by atoms with Crippen LogP contribution >= 0.6 is 0 Å². The van der Waals surface area contributed by atoms with Gasteiger partial charge in [-0.2, -0.15) is 0 Å². The van der Waals surface area contributed by atoms with Gasteiger partial charge in [0.15, 0.2) is 0 Å². The fourth-order valence-corrected chi connectivity index (χ4v) is 3.76. The molecule has 0 saturated carbocycles. The second-order valence-corrected chi connectivity index (χ2v) is 7.51. The molecule has 0 aliphatic carbocycles. The number of rotatable bonds is 5. The number of benzene rings is 4. The average Bonchev–Trinajstić information content (AvgIpc) is 2.83. The first-order valence-electron chi connectivity index (χ1n) is 10.3. The van der Waals surface area contributed by atoms with Gasteiger partial charge in [0.1, 0.15) is 23.8 Å². The number of halogens is 1. The van der Waals surface area contributed by atoms with E-state index in [0.717, 1.165) is 33.2 Å². The van der Waals surface area contributed by atoms with Gasteiger partial charge in [0, 0.05) is 17.5 Å². The van der Waals surface area contributed by atoms with E-state index < -0.39 is 5.63 Å². The molecule has 156 valence electrons. The maximum atomic E-state index is 14.2. The molecule has 0 atom stereocenters. The molecule has 0 amide bonds. The molecule has 0 N–H and O–H groups in total. The Bertz CT molecular complexity index is 1440. The van der Waals surface area contributed by atoms with Gasteiger partial charge in [0.25, 0.3) is 0 Å². The summed E-state index contributed by atoms with van der Waals surface area (Å²) in [5.41, 5.74) is 4.32. The first-order chi connectivity index (χ1) is 15.7. The molecule has 3 nitrogen and oxygen atoms in total. The van der Waals surface area contributed by atoms with Crippen molar-refractivity contribution in [1.29, 1.82) is 0 Å². The molecule has 0 aliphatic rings. The largest absolute Gasteiger partial charge is 0.489 e. The van der Waals surface area contributed by atoms with Crippen molar-refractivity contribution in [2.24, 2.45) is 0 Å². The van der Waals surface area contributed by atoms with Crippen LogP contribution in [0, 0.1) is 5.82 Å². The predicted molar refractivity (Wildman–Crippen MR) is 124 cm³/mol. The smallest absolute Gasteiger partial charge is 0.336 e. The van der Waals surface area contributed by atoms with Crippen LogP contribution in [0.4, 0.5) is 4.39 Å². The van der Waals surface area contributed by atoms with Crippen LogP contribution in [0.3, 0.4) is 0 Å². The van der Waals surface area contributed by atoms with E-state index in [1.54, 1.807) is 6.07 Å². The molecule has 0 unspecified atom stereocenters. The first kappa shape index (κ1) is 19.8. The van der Waals surface area contributed by atoms with Crippen molar-refractivity contribution in [3.63, 3.8) is 0 Å². The monoisotopic (exact) mass is 422 g/mol. The quantitative estimate of drug-likeness (QED) is 0.291. The number of ether oxygens (including phenoxy) is 1. The Morgan fingerprint density at radius 2 is 1.44 bits per heavy atom. The maximum Gasteiger partial charge on any atom is 0.336 e. The Balaban J connectivity index is 1.43. The summed E-state index contributed by atoms with van der Waals surface area (Å²) in [6, 6.07) is 31.1. The highest BCUT2D eigenvalue weighted by atomic mass is 19.1. The van der Waals surface area contributed by atoms with Gasteiger partial charge in [-0.25, -0.2) is 9.18 Å². The van der Waals surface area contributed by atoms with E-state index in [9.17, 15) is 9.18 Å². The minimum Gasteiger partial charge on any atom is -0.489 e. The van der Waals surface area contributed by atoms with E-state index in [1.165, 1.54) is 18.2 Å². The van der Waals surface area contributed by atoms with E-state index in [1.807, 2.05) is 78.9 Å². The molecule has 0 spiro atoms. The standard InChI is InChI=1S/C28H19FO3/c29-23-14-22(20-7-3-1-4-8-20)15-24(16-23)31-18-19-11-12-25-26(21-9-5-2-6-10-21)17-28(30)32-27(25)13-19/h1-17H,18H2. The molecule has 5 rings (SSSR count). The third-order valence-electron chi connectivity index (χ3n) is 5.28. The molecule has 1 heterocycles. The van der Waals surface area contributed by atoms with Crippen LogP contribution < -0.4 is 10.4 Å². The zero-order valence-electron chi connectivity index (χ0n) is 17.1. The molecule has 0 aliphatic heterocycles. The van der Waals surface area contributed by atoms with Crippen molar-refractivity contribution in [3.8, 4) is 28.0 Å². The summed E-state index contributed by atoms with van der Waals surface area (Å²) in [5.74, 6) is 0.0711. The summed E-state index contributed by atoms with van der Waals surface area (Å²) in [6.07, 6.45) is 0. The highest BCUT2D eigenvalue weighted by Gasteiger charge is 2.10. The lowest BCUT2D eigenvalue weighted by Gasteiger charge is -2.11. The maximum absolute atomic E-state index is 14.2. The molecule has 4 aromatic carbocycles. The van der Waals surface area contributed by atoms with Crippen LogP contribution in [0.2, 0.25) is 0 Å². The minimum absolute atomic E-state index is 0.215. The van der Waals surface area contributed by atoms with Gasteiger partial charge in [0.2, 0.25) is 0 Å². The zero-order valence-corrected chi connectivity index (χ0v) is 17.1. The Morgan fingerprint density at radius 1 is 0.719 bits per heavy atom. The third kappa shape index (κ3) is 4.16. The Morgan fingerprint density at radius 3 is 2.19 bits per heavy atom. The summed E-state index contributed by atoms with van der Waals surface area (Å²) < 4.78 is 25.5. The Hall–Kier alpha value is -4.18. The summed E-state index contributed by atoms with van der Waals surface area (Å²) in [5, 5.41) is 0.844. The van der Waals surface area contributed by atoms with Crippen LogP contribution in [0.5, 0.6) is 5.75 Å². The van der Waals surface area contributed by atoms with Gasteiger partial charge in [-0.1, -0.05) is 72.8 Å². The lowest BCUT2D eigenvalue weighted by Crippen LogP contribution is -2.00. The Kier molecular flexibility index (Phi) is 5.26. The molecular formula is C28H19FO3. The zero-order chi connectivity index (χ0) is 21.9. The van der Waals surface area contributed by atoms with Crippen LogP contribution in [-0.2, 0) is 6.61 Å². The highest BCUT2D eigenvalue weighted by Crippen LogP contribution is 2.29. The van der Waals surface area contributed by atoms with Crippen molar-refractivity contribution < 1.29 is 13.5 Å². The van der Waals surface area contributed by atoms with Gasteiger partial charge >= 0.3 is 5.63 Å². The number of hydrogen-bond donors (Lipinski definition) is 0. The first-order valence-corrected chi connectivity index (χ1v) is 10.3. The van der Waals surface area contributed by atoms with E-state index in [4.69, 9.17) is 9.15 Å². The van der Waals surface area contributed by atoms with Gasteiger partial charge in [-0.3, -0.25) is 0 Å². The molecular weight excluding hydrogens is 403 g/mol. The van der Waals surface area contributed by atoms with Gasteiger partial charge < -0.3 is 9.15 Å². The topological polar surface area (TPSA) is 39.4 Å².